The van der Waals surface area contributed by atoms with E-state index in [9.17, 15) is 17.2 Å². The summed E-state index contributed by atoms with van der Waals surface area (Å²) in [6.07, 6.45) is 1.90. The smallest absolute Gasteiger partial charge is 0.245 e. The second-order valence-electron chi connectivity index (χ2n) is 5.34. The van der Waals surface area contributed by atoms with E-state index in [0.717, 1.165) is 35.8 Å². The highest BCUT2D eigenvalue weighted by Crippen LogP contribution is 2.26. The topological polar surface area (TPSA) is 66.6 Å². The van der Waals surface area contributed by atoms with E-state index in [1.165, 1.54) is 7.05 Å². The van der Waals surface area contributed by atoms with E-state index in [0.29, 0.717) is 0 Å². The zero-order chi connectivity index (χ0) is 15.8. The van der Waals surface area contributed by atoms with Crippen molar-refractivity contribution < 1.29 is 17.2 Å². The Bertz CT molecular complexity index is 637. The summed E-state index contributed by atoms with van der Waals surface area (Å²) >= 11 is 0. The Balaban J connectivity index is 2.27. The number of halogens is 2. The molecule has 1 fully saturated rings. The Kier molecular flexibility index (Phi) is 4.50. The molecule has 1 heterocycles. The van der Waals surface area contributed by atoms with Crippen LogP contribution in [0.3, 0.4) is 0 Å². The third-order valence-electron chi connectivity index (χ3n) is 3.92. The average molecular weight is 319 g/mol. The molecule has 0 bridgehead atoms. The first kappa shape index (κ1) is 16.1. The molecule has 1 aromatic rings. The number of nitrogen functional groups attached to an aromatic ring is 1. The third-order valence-corrected chi connectivity index (χ3v) is 5.76. The Morgan fingerprint density at radius 3 is 2.67 bits per heavy atom. The molecule has 0 saturated carbocycles. The molecule has 8 heteroatoms. The first-order valence-electron chi connectivity index (χ1n) is 6.65. The largest absolute Gasteiger partial charge is 0.394 e. The van der Waals surface area contributed by atoms with Crippen LogP contribution < -0.4 is 5.73 Å². The van der Waals surface area contributed by atoms with Gasteiger partial charge in [0.15, 0.2) is 5.82 Å². The summed E-state index contributed by atoms with van der Waals surface area (Å²) in [6.45, 7) is 1.17. The summed E-state index contributed by atoms with van der Waals surface area (Å²) in [5.74, 6) is -2.20. The minimum atomic E-state index is -4.03. The molecule has 0 radical (unpaired) electrons. The van der Waals surface area contributed by atoms with E-state index in [4.69, 9.17) is 5.73 Å². The molecule has 2 rings (SSSR count). The number of benzene rings is 1. The molecule has 1 aliphatic rings. The predicted molar refractivity (Wildman–Crippen MR) is 76.2 cm³/mol. The fourth-order valence-corrected chi connectivity index (χ4v) is 3.80. The highest BCUT2D eigenvalue weighted by atomic mass is 32.2. The van der Waals surface area contributed by atoms with E-state index in [-0.39, 0.29) is 12.6 Å². The quantitative estimate of drug-likeness (QED) is 0.849. The van der Waals surface area contributed by atoms with Gasteiger partial charge < -0.3 is 10.6 Å². The van der Waals surface area contributed by atoms with Gasteiger partial charge in [-0.25, -0.2) is 17.2 Å². The molecule has 0 spiro atoms. The number of likely N-dealkylation sites (N-methyl/N-ethyl adjacent to an activating group) is 2. The molecular formula is C13H19F2N3O2S. The Morgan fingerprint density at radius 2 is 2.10 bits per heavy atom. The Morgan fingerprint density at radius 1 is 1.43 bits per heavy atom. The molecule has 0 amide bonds. The lowest BCUT2D eigenvalue weighted by molar-refractivity contribution is 0.270. The normalized spacial score (nSPS) is 20.3. The van der Waals surface area contributed by atoms with Crippen molar-refractivity contribution in [1.29, 1.82) is 0 Å². The molecule has 1 atom stereocenters. The number of sulfonamides is 1. The van der Waals surface area contributed by atoms with Gasteiger partial charge in [0, 0.05) is 19.6 Å². The van der Waals surface area contributed by atoms with Crippen LogP contribution in [0.1, 0.15) is 12.8 Å². The van der Waals surface area contributed by atoms with Crippen LogP contribution in [-0.4, -0.2) is 50.8 Å². The van der Waals surface area contributed by atoms with Gasteiger partial charge in [0.05, 0.1) is 0 Å². The van der Waals surface area contributed by atoms with Gasteiger partial charge in [0.2, 0.25) is 10.0 Å². The first-order valence-corrected chi connectivity index (χ1v) is 8.09. The van der Waals surface area contributed by atoms with E-state index < -0.39 is 32.2 Å². The van der Waals surface area contributed by atoms with Crippen molar-refractivity contribution >= 4 is 15.7 Å². The number of nitrogens with two attached hydrogens (primary N) is 1. The summed E-state index contributed by atoms with van der Waals surface area (Å²) in [6, 6.07) is 1.87. The van der Waals surface area contributed by atoms with Crippen LogP contribution in [0.25, 0.3) is 0 Å². The van der Waals surface area contributed by atoms with Crippen LogP contribution in [0, 0.1) is 11.6 Å². The number of likely N-dealkylation sites (tertiary alicyclic amines) is 1. The molecular weight excluding hydrogens is 300 g/mol. The maximum absolute atomic E-state index is 13.9. The minimum Gasteiger partial charge on any atom is -0.394 e. The van der Waals surface area contributed by atoms with Crippen molar-refractivity contribution in [2.45, 2.75) is 23.8 Å². The molecule has 1 unspecified atom stereocenters. The molecule has 1 aliphatic heterocycles. The van der Waals surface area contributed by atoms with E-state index in [1.807, 2.05) is 7.05 Å². The van der Waals surface area contributed by atoms with Gasteiger partial charge in [0.1, 0.15) is 16.4 Å². The molecule has 2 N–H and O–H groups in total. The van der Waals surface area contributed by atoms with E-state index in [1.54, 1.807) is 0 Å². The number of hydrogen-bond donors (Lipinski definition) is 1. The zero-order valence-electron chi connectivity index (χ0n) is 12.0. The Hall–Kier alpha value is -1.25. The van der Waals surface area contributed by atoms with Crippen LogP contribution in [-0.2, 0) is 10.0 Å². The van der Waals surface area contributed by atoms with Gasteiger partial charge in [-0.3, -0.25) is 0 Å². The van der Waals surface area contributed by atoms with Crippen LogP contribution in [0.2, 0.25) is 0 Å². The number of nitrogens with zero attached hydrogens (tertiary/aromatic N) is 2. The fourth-order valence-electron chi connectivity index (χ4n) is 2.52. The fraction of sp³-hybridized carbons (Fsp3) is 0.538. The highest BCUT2D eigenvalue weighted by molar-refractivity contribution is 7.89. The summed E-state index contributed by atoms with van der Waals surface area (Å²) in [5, 5.41) is 0. The molecule has 1 saturated heterocycles. The second kappa shape index (κ2) is 5.86. The van der Waals surface area contributed by atoms with Crippen molar-refractivity contribution in [3.8, 4) is 0 Å². The maximum Gasteiger partial charge on any atom is 0.245 e. The van der Waals surface area contributed by atoms with Crippen LogP contribution in [0.4, 0.5) is 14.5 Å². The molecule has 5 nitrogen and oxygen atoms in total. The summed E-state index contributed by atoms with van der Waals surface area (Å²) in [7, 11) is -0.720. The van der Waals surface area contributed by atoms with E-state index in [2.05, 4.69) is 4.90 Å². The van der Waals surface area contributed by atoms with Crippen molar-refractivity contribution in [2.24, 2.45) is 0 Å². The highest BCUT2D eigenvalue weighted by Gasteiger charge is 2.30. The minimum absolute atomic E-state index is 0.102. The lowest BCUT2D eigenvalue weighted by Gasteiger charge is -2.25. The maximum atomic E-state index is 13.9. The van der Waals surface area contributed by atoms with Crippen molar-refractivity contribution in [3.63, 3.8) is 0 Å². The van der Waals surface area contributed by atoms with Crippen LogP contribution in [0.5, 0.6) is 0 Å². The molecule has 0 aliphatic carbocycles. The summed E-state index contributed by atoms with van der Waals surface area (Å²) in [5.41, 5.74) is 4.45. The number of hydrogen-bond acceptors (Lipinski definition) is 4. The van der Waals surface area contributed by atoms with Gasteiger partial charge in [-0.05, 0) is 38.6 Å². The van der Waals surface area contributed by atoms with E-state index >= 15 is 0 Å². The second-order valence-corrected chi connectivity index (χ2v) is 7.35. The average Bonchev–Trinajstić information content (AvgIpc) is 2.81. The van der Waals surface area contributed by atoms with Crippen LogP contribution >= 0.6 is 0 Å². The third kappa shape index (κ3) is 3.02. The number of rotatable bonds is 4. The molecule has 1 aromatic carbocycles. The van der Waals surface area contributed by atoms with Gasteiger partial charge in [-0.2, -0.15) is 4.31 Å². The van der Waals surface area contributed by atoms with Crippen molar-refractivity contribution in [2.75, 3.05) is 32.9 Å². The standard InChI is InChI=1S/C13H19F2N3O2S/c1-17-7-3-4-9(17)8-18(2)21(19,20)11-6-5-10(14)13(16)12(11)15/h5-6,9H,3-4,7-8,16H2,1-2H3. The van der Waals surface area contributed by atoms with Gasteiger partial charge in [-0.1, -0.05) is 0 Å². The number of anilines is 1. The van der Waals surface area contributed by atoms with Crippen molar-refractivity contribution in [1.82, 2.24) is 9.21 Å². The van der Waals surface area contributed by atoms with Gasteiger partial charge in [-0.15, -0.1) is 0 Å². The summed E-state index contributed by atoms with van der Waals surface area (Å²) in [4.78, 5) is 1.48. The SMILES string of the molecule is CN1CCCC1CN(C)S(=O)(=O)c1ccc(F)c(N)c1F. The van der Waals surface area contributed by atoms with Gasteiger partial charge >= 0.3 is 0 Å². The van der Waals surface area contributed by atoms with Gasteiger partial charge in [0.25, 0.3) is 0 Å². The molecule has 0 aromatic heterocycles. The van der Waals surface area contributed by atoms with Crippen LogP contribution in [0.15, 0.2) is 17.0 Å². The van der Waals surface area contributed by atoms with Crippen molar-refractivity contribution in [3.05, 3.63) is 23.8 Å². The Labute approximate surface area is 123 Å². The summed E-state index contributed by atoms with van der Waals surface area (Å²) < 4.78 is 53.0. The first-order chi connectivity index (χ1) is 9.75. The lowest BCUT2D eigenvalue weighted by Crippen LogP contribution is -2.39. The zero-order valence-corrected chi connectivity index (χ0v) is 12.8. The lowest BCUT2D eigenvalue weighted by atomic mass is 10.2. The predicted octanol–water partition coefficient (Wildman–Crippen LogP) is 1.26. The monoisotopic (exact) mass is 319 g/mol. The molecule has 21 heavy (non-hydrogen) atoms. The molecule has 118 valence electrons.